The molecule has 1 amide bonds. The quantitative estimate of drug-likeness (QED) is 0.302. The largest absolute Gasteiger partial charge is 0.465 e. The number of ether oxygens (including phenoxy) is 1. The number of aromatic nitrogens is 3. The van der Waals surface area contributed by atoms with E-state index in [0.29, 0.717) is 28.8 Å². The fourth-order valence-electron chi connectivity index (χ4n) is 3.22. The van der Waals surface area contributed by atoms with Crippen LogP contribution in [0, 0.1) is 5.82 Å². The Labute approximate surface area is 200 Å². The molecule has 0 spiro atoms. The first-order valence-electron chi connectivity index (χ1n) is 10.4. The number of rotatable bonds is 8. The number of carbonyl (C=O) groups is 2. The van der Waals surface area contributed by atoms with Gasteiger partial charge in [0.2, 0.25) is 5.91 Å². The molecule has 1 N–H and O–H groups in total. The number of thioether (sulfide) groups is 1. The zero-order valence-electron chi connectivity index (χ0n) is 18.3. The summed E-state index contributed by atoms with van der Waals surface area (Å²) in [5, 5.41) is 12.0. The van der Waals surface area contributed by atoms with Crippen LogP contribution in [0.1, 0.15) is 15.9 Å². The van der Waals surface area contributed by atoms with Gasteiger partial charge in [-0.1, -0.05) is 54.2 Å². The number of nitrogens with zero attached hydrogens (tertiary/aromatic N) is 3. The number of benzene rings is 3. The zero-order chi connectivity index (χ0) is 23.9. The minimum absolute atomic E-state index is 0.119. The number of halogens is 1. The maximum atomic E-state index is 13.5. The van der Waals surface area contributed by atoms with Crippen molar-refractivity contribution in [1.82, 2.24) is 20.1 Å². The summed E-state index contributed by atoms with van der Waals surface area (Å²) in [6.45, 7) is 0.320. The number of amides is 1. The Morgan fingerprint density at radius 1 is 0.971 bits per heavy atom. The molecule has 0 saturated heterocycles. The maximum absolute atomic E-state index is 13.5. The zero-order valence-corrected chi connectivity index (χ0v) is 19.1. The average Bonchev–Trinajstić information content (AvgIpc) is 3.31. The first kappa shape index (κ1) is 23.2. The van der Waals surface area contributed by atoms with Crippen LogP contribution in [0.4, 0.5) is 4.39 Å². The second-order valence-corrected chi connectivity index (χ2v) is 8.18. The van der Waals surface area contributed by atoms with Crippen molar-refractivity contribution in [3.05, 3.63) is 95.8 Å². The molecule has 3 aromatic carbocycles. The molecule has 0 saturated carbocycles. The summed E-state index contributed by atoms with van der Waals surface area (Å²) in [5.74, 6) is -0.217. The number of nitrogens with one attached hydrogen (secondary N) is 1. The Balaban J connectivity index is 1.45. The summed E-state index contributed by atoms with van der Waals surface area (Å²) >= 11 is 1.24. The molecule has 7 nitrogen and oxygen atoms in total. The normalized spacial score (nSPS) is 10.6. The molecular weight excluding hydrogens is 455 g/mol. The van der Waals surface area contributed by atoms with Gasteiger partial charge in [-0.05, 0) is 42.0 Å². The second-order valence-electron chi connectivity index (χ2n) is 7.24. The molecule has 4 rings (SSSR count). The SMILES string of the molecule is COC(=O)c1ccc(CNC(=O)CSc2nnc(-c3ccccc3)n2-c2ccc(F)cc2)cc1. The number of carbonyl (C=O) groups excluding carboxylic acids is 2. The highest BCUT2D eigenvalue weighted by Crippen LogP contribution is 2.28. The molecule has 1 heterocycles. The van der Waals surface area contributed by atoms with Gasteiger partial charge in [0, 0.05) is 17.8 Å². The van der Waals surface area contributed by atoms with E-state index in [4.69, 9.17) is 0 Å². The molecule has 0 aliphatic carbocycles. The second kappa shape index (κ2) is 10.8. The summed E-state index contributed by atoms with van der Waals surface area (Å²) in [4.78, 5) is 24.0. The van der Waals surface area contributed by atoms with Crippen molar-refractivity contribution in [1.29, 1.82) is 0 Å². The van der Waals surface area contributed by atoms with Gasteiger partial charge in [0.05, 0.1) is 18.4 Å². The van der Waals surface area contributed by atoms with Crippen molar-refractivity contribution >= 4 is 23.6 Å². The topological polar surface area (TPSA) is 86.1 Å². The number of hydrogen-bond donors (Lipinski definition) is 1. The van der Waals surface area contributed by atoms with Gasteiger partial charge in [-0.2, -0.15) is 0 Å². The minimum atomic E-state index is -0.410. The monoisotopic (exact) mass is 476 g/mol. The van der Waals surface area contributed by atoms with E-state index in [0.717, 1.165) is 11.1 Å². The number of methoxy groups -OCH3 is 1. The first-order valence-corrected chi connectivity index (χ1v) is 11.4. The molecule has 0 bridgehead atoms. The highest BCUT2D eigenvalue weighted by atomic mass is 32.2. The lowest BCUT2D eigenvalue weighted by molar-refractivity contribution is -0.118. The third-order valence-corrected chi connectivity index (χ3v) is 5.88. The van der Waals surface area contributed by atoms with Crippen LogP contribution < -0.4 is 5.32 Å². The van der Waals surface area contributed by atoms with Gasteiger partial charge in [-0.15, -0.1) is 10.2 Å². The lowest BCUT2D eigenvalue weighted by Gasteiger charge is -2.11. The van der Waals surface area contributed by atoms with Gasteiger partial charge in [0.15, 0.2) is 11.0 Å². The Bertz CT molecular complexity index is 1280. The highest BCUT2D eigenvalue weighted by molar-refractivity contribution is 7.99. The standard InChI is InChI=1S/C25H21FN4O3S/c1-33-24(32)19-9-7-17(8-10-19)15-27-22(31)16-34-25-29-28-23(18-5-3-2-4-6-18)30(25)21-13-11-20(26)12-14-21/h2-14H,15-16H2,1H3,(H,27,31). The van der Waals surface area contributed by atoms with E-state index in [1.54, 1.807) is 41.0 Å². The van der Waals surface area contributed by atoms with Crippen LogP contribution in [0.3, 0.4) is 0 Å². The molecule has 0 unspecified atom stereocenters. The Hall–Kier alpha value is -3.98. The molecule has 172 valence electrons. The third-order valence-electron chi connectivity index (χ3n) is 4.95. The summed E-state index contributed by atoms with van der Waals surface area (Å²) < 4.78 is 20.0. The predicted octanol–water partition coefficient (Wildman–Crippen LogP) is 4.27. The first-order chi connectivity index (χ1) is 16.5. The molecule has 0 aliphatic heterocycles. The Kier molecular flexibility index (Phi) is 7.34. The molecule has 0 radical (unpaired) electrons. The van der Waals surface area contributed by atoms with E-state index in [2.05, 4.69) is 20.3 Å². The van der Waals surface area contributed by atoms with Gasteiger partial charge < -0.3 is 10.1 Å². The highest BCUT2D eigenvalue weighted by Gasteiger charge is 2.17. The van der Waals surface area contributed by atoms with Gasteiger partial charge in [-0.3, -0.25) is 9.36 Å². The van der Waals surface area contributed by atoms with Crippen molar-refractivity contribution in [2.24, 2.45) is 0 Å². The summed E-state index contributed by atoms with van der Waals surface area (Å²) in [6, 6.07) is 22.4. The van der Waals surface area contributed by atoms with E-state index in [9.17, 15) is 14.0 Å². The Morgan fingerprint density at radius 3 is 2.35 bits per heavy atom. The molecule has 9 heteroatoms. The van der Waals surface area contributed by atoms with Crippen LogP contribution in [-0.2, 0) is 16.1 Å². The Morgan fingerprint density at radius 2 is 1.68 bits per heavy atom. The smallest absolute Gasteiger partial charge is 0.337 e. The average molecular weight is 477 g/mol. The van der Waals surface area contributed by atoms with E-state index in [1.165, 1.54) is 31.0 Å². The fraction of sp³-hybridized carbons (Fsp3) is 0.120. The van der Waals surface area contributed by atoms with Crippen LogP contribution in [0.2, 0.25) is 0 Å². The molecule has 0 aliphatic rings. The van der Waals surface area contributed by atoms with Crippen molar-refractivity contribution in [3.8, 4) is 17.1 Å². The van der Waals surface area contributed by atoms with Crippen molar-refractivity contribution in [2.45, 2.75) is 11.7 Å². The summed E-state index contributed by atoms with van der Waals surface area (Å²) in [7, 11) is 1.33. The van der Waals surface area contributed by atoms with Crippen LogP contribution in [0.5, 0.6) is 0 Å². The molecule has 34 heavy (non-hydrogen) atoms. The molecular formula is C25H21FN4O3S. The van der Waals surface area contributed by atoms with E-state index >= 15 is 0 Å². The number of esters is 1. The van der Waals surface area contributed by atoms with E-state index in [1.807, 2.05) is 30.3 Å². The minimum Gasteiger partial charge on any atom is -0.465 e. The van der Waals surface area contributed by atoms with E-state index < -0.39 is 5.97 Å². The molecule has 0 atom stereocenters. The summed E-state index contributed by atoms with van der Waals surface area (Å²) in [6.07, 6.45) is 0. The lowest BCUT2D eigenvalue weighted by Crippen LogP contribution is -2.24. The van der Waals surface area contributed by atoms with E-state index in [-0.39, 0.29) is 17.5 Å². The van der Waals surface area contributed by atoms with Gasteiger partial charge in [0.25, 0.3) is 0 Å². The third kappa shape index (κ3) is 5.49. The van der Waals surface area contributed by atoms with Gasteiger partial charge in [-0.25, -0.2) is 9.18 Å². The van der Waals surface area contributed by atoms with Crippen LogP contribution >= 0.6 is 11.8 Å². The lowest BCUT2D eigenvalue weighted by atomic mass is 10.1. The predicted molar refractivity (Wildman–Crippen MR) is 127 cm³/mol. The van der Waals surface area contributed by atoms with Gasteiger partial charge in [0.1, 0.15) is 5.82 Å². The number of hydrogen-bond acceptors (Lipinski definition) is 6. The summed E-state index contributed by atoms with van der Waals surface area (Å²) in [5.41, 5.74) is 2.85. The van der Waals surface area contributed by atoms with Crippen LogP contribution in [0.15, 0.2) is 84.0 Å². The molecule has 4 aromatic rings. The van der Waals surface area contributed by atoms with Gasteiger partial charge >= 0.3 is 5.97 Å². The fourth-order valence-corrected chi connectivity index (χ4v) is 4.00. The molecule has 1 aromatic heterocycles. The van der Waals surface area contributed by atoms with Crippen molar-refractivity contribution < 1.29 is 18.7 Å². The van der Waals surface area contributed by atoms with Crippen LogP contribution in [0.25, 0.3) is 17.1 Å². The van der Waals surface area contributed by atoms with Crippen molar-refractivity contribution in [3.63, 3.8) is 0 Å². The van der Waals surface area contributed by atoms with Crippen molar-refractivity contribution in [2.75, 3.05) is 12.9 Å². The maximum Gasteiger partial charge on any atom is 0.337 e. The molecule has 0 fully saturated rings. The van der Waals surface area contributed by atoms with Crippen LogP contribution in [-0.4, -0.2) is 39.5 Å².